The van der Waals surface area contributed by atoms with E-state index in [1.54, 1.807) is 0 Å². The zero-order valence-electron chi connectivity index (χ0n) is 10.6. The monoisotopic (exact) mass is 245 g/mol. The third-order valence-corrected chi connectivity index (χ3v) is 2.94. The second kappa shape index (κ2) is 5.69. The van der Waals surface area contributed by atoms with Gasteiger partial charge in [0.1, 0.15) is 0 Å². The van der Waals surface area contributed by atoms with E-state index >= 15 is 0 Å². The summed E-state index contributed by atoms with van der Waals surface area (Å²) >= 11 is 0. The SMILES string of the molecule is CCCC(N)CC(=O)Nc1ccc2[nH]ccc2c1. The summed E-state index contributed by atoms with van der Waals surface area (Å²) in [7, 11) is 0. The molecule has 0 saturated heterocycles. The van der Waals surface area contributed by atoms with Gasteiger partial charge in [0, 0.05) is 35.2 Å². The minimum absolute atomic E-state index is 0.0224. The average Bonchev–Trinajstić information content (AvgIpc) is 2.76. The zero-order valence-corrected chi connectivity index (χ0v) is 10.6. The molecule has 1 atom stereocenters. The summed E-state index contributed by atoms with van der Waals surface area (Å²) in [6, 6.07) is 7.73. The molecule has 1 heterocycles. The lowest BCUT2D eigenvalue weighted by Crippen LogP contribution is -2.26. The third kappa shape index (κ3) is 3.11. The number of nitrogens with one attached hydrogen (secondary N) is 2. The Morgan fingerprint density at radius 3 is 3.06 bits per heavy atom. The Labute approximate surface area is 107 Å². The van der Waals surface area contributed by atoms with Crippen molar-refractivity contribution in [3.05, 3.63) is 30.5 Å². The van der Waals surface area contributed by atoms with Gasteiger partial charge in [-0.15, -0.1) is 0 Å². The van der Waals surface area contributed by atoms with Crippen LogP contribution in [0, 0.1) is 0 Å². The van der Waals surface area contributed by atoms with Crippen LogP contribution in [-0.2, 0) is 4.79 Å². The van der Waals surface area contributed by atoms with Gasteiger partial charge >= 0.3 is 0 Å². The Morgan fingerprint density at radius 1 is 1.44 bits per heavy atom. The molecule has 1 amide bonds. The molecule has 1 unspecified atom stereocenters. The van der Waals surface area contributed by atoms with Gasteiger partial charge in [0.15, 0.2) is 0 Å². The zero-order chi connectivity index (χ0) is 13.0. The van der Waals surface area contributed by atoms with E-state index in [-0.39, 0.29) is 11.9 Å². The molecule has 2 rings (SSSR count). The summed E-state index contributed by atoms with van der Waals surface area (Å²) < 4.78 is 0. The number of benzene rings is 1. The first kappa shape index (κ1) is 12.6. The van der Waals surface area contributed by atoms with E-state index in [9.17, 15) is 4.79 Å². The summed E-state index contributed by atoms with van der Waals surface area (Å²) in [5.74, 6) is -0.0224. The number of hydrogen-bond donors (Lipinski definition) is 3. The van der Waals surface area contributed by atoms with Gasteiger partial charge in [-0.1, -0.05) is 13.3 Å². The predicted molar refractivity (Wildman–Crippen MR) is 74.4 cm³/mol. The second-order valence-corrected chi connectivity index (χ2v) is 4.58. The molecule has 0 fully saturated rings. The van der Waals surface area contributed by atoms with Crippen molar-refractivity contribution in [3.8, 4) is 0 Å². The van der Waals surface area contributed by atoms with Gasteiger partial charge < -0.3 is 16.0 Å². The van der Waals surface area contributed by atoms with Crippen molar-refractivity contribution in [1.82, 2.24) is 4.98 Å². The first-order valence-electron chi connectivity index (χ1n) is 6.31. The van der Waals surface area contributed by atoms with E-state index in [2.05, 4.69) is 17.2 Å². The maximum absolute atomic E-state index is 11.8. The summed E-state index contributed by atoms with van der Waals surface area (Å²) in [6.45, 7) is 2.07. The van der Waals surface area contributed by atoms with E-state index < -0.39 is 0 Å². The van der Waals surface area contributed by atoms with Gasteiger partial charge in [-0.3, -0.25) is 4.79 Å². The molecule has 1 aromatic heterocycles. The van der Waals surface area contributed by atoms with Gasteiger partial charge in [-0.25, -0.2) is 0 Å². The standard InChI is InChI=1S/C14H19N3O/c1-2-3-11(15)9-14(18)17-12-4-5-13-10(8-12)6-7-16-13/h4-8,11,16H,2-3,9,15H2,1H3,(H,17,18). The van der Waals surface area contributed by atoms with Crippen LogP contribution in [0.3, 0.4) is 0 Å². The maximum atomic E-state index is 11.8. The van der Waals surface area contributed by atoms with Crippen molar-refractivity contribution in [2.45, 2.75) is 32.2 Å². The van der Waals surface area contributed by atoms with Crippen molar-refractivity contribution in [2.24, 2.45) is 5.73 Å². The van der Waals surface area contributed by atoms with E-state index in [1.165, 1.54) is 0 Å². The van der Waals surface area contributed by atoms with Gasteiger partial charge in [-0.2, -0.15) is 0 Å². The number of amides is 1. The number of carbonyl (C=O) groups is 1. The number of hydrogen-bond acceptors (Lipinski definition) is 2. The van der Waals surface area contributed by atoms with E-state index in [0.29, 0.717) is 6.42 Å². The molecule has 0 aliphatic carbocycles. The number of anilines is 1. The van der Waals surface area contributed by atoms with Crippen molar-refractivity contribution in [3.63, 3.8) is 0 Å². The summed E-state index contributed by atoms with van der Waals surface area (Å²) in [5, 5.41) is 3.97. The lowest BCUT2D eigenvalue weighted by Gasteiger charge is -2.10. The van der Waals surface area contributed by atoms with Crippen LogP contribution in [0.15, 0.2) is 30.5 Å². The summed E-state index contributed by atoms with van der Waals surface area (Å²) in [5.41, 5.74) is 7.73. The molecule has 0 aliphatic rings. The van der Waals surface area contributed by atoms with E-state index in [0.717, 1.165) is 29.4 Å². The van der Waals surface area contributed by atoms with Crippen LogP contribution in [0.2, 0.25) is 0 Å². The first-order chi connectivity index (χ1) is 8.69. The number of H-pyrrole nitrogens is 1. The molecule has 0 saturated carbocycles. The van der Waals surface area contributed by atoms with Crippen LogP contribution in [0.5, 0.6) is 0 Å². The highest BCUT2D eigenvalue weighted by atomic mass is 16.1. The number of nitrogens with two attached hydrogens (primary N) is 1. The number of aromatic nitrogens is 1. The van der Waals surface area contributed by atoms with E-state index in [1.807, 2.05) is 30.5 Å². The fourth-order valence-electron chi connectivity index (χ4n) is 2.05. The van der Waals surface area contributed by atoms with Crippen LogP contribution in [0.4, 0.5) is 5.69 Å². The Balaban J connectivity index is 1.97. The van der Waals surface area contributed by atoms with Gasteiger partial charge in [0.2, 0.25) is 5.91 Å². The Kier molecular flexibility index (Phi) is 3.99. The van der Waals surface area contributed by atoms with Crippen LogP contribution in [0.1, 0.15) is 26.2 Å². The minimum atomic E-state index is -0.0500. The predicted octanol–water partition coefficient (Wildman–Crippen LogP) is 2.62. The highest BCUT2D eigenvalue weighted by molar-refractivity contribution is 5.94. The summed E-state index contributed by atoms with van der Waals surface area (Å²) in [6.07, 6.45) is 4.14. The van der Waals surface area contributed by atoms with Crippen LogP contribution >= 0.6 is 0 Å². The van der Waals surface area contributed by atoms with Crippen molar-refractivity contribution in [2.75, 3.05) is 5.32 Å². The smallest absolute Gasteiger partial charge is 0.225 e. The number of fused-ring (bicyclic) bond motifs is 1. The topological polar surface area (TPSA) is 70.9 Å². The fraction of sp³-hybridized carbons (Fsp3) is 0.357. The second-order valence-electron chi connectivity index (χ2n) is 4.58. The normalized spacial score (nSPS) is 12.6. The molecule has 4 heteroatoms. The highest BCUT2D eigenvalue weighted by Gasteiger charge is 2.09. The van der Waals surface area contributed by atoms with Crippen molar-refractivity contribution in [1.29, 1.82) is 0 Å². The van der Waals surface area contributed by atoms with Gasteiger partial charge in [-0.05, 0) is 30.7 Å². The van der Waals surface area contributed by atoms with E-state index in [4.69, 9.17) is 5.73 Å². The number of aromatic amines is 1. The molecule has 1 aromatic carbocycles. The largest absolute Gasteiger partial charge is 0.361 e. The Bertz CT molecular complexity index is 533. The number of carbonyl (C=O) groups excluding carboxylic acids is 1. The first-order valence-corrected chi connectivity index (χ1v) is 6.31. The Morgan fingerprint density at radius 2 is 2.28 bits per heavy atom. The molecule has 0 bridgehead atoms. The third-order valence-electron chi connectivity index (χ3n) is 2.94. The molecule has 2 aromatic rings. The molecule has 4 nitrogen and oxygen atoms in total. The van der Waals surface area contributed by atoms with Gasteiger partial charge in [0.25, 0.3) is 0 Å². The average molecular weight is 245 g/mol. The molecular formula is C14H19N3O. The van der Waals surface area contributed by atoms with Crippen LogP contribution in [0.25, 0.3) is 10.9 Å². The molecule has 0 radical (unpaired) electrons. The molecule has 4 N–H and O–H groups in total. The quantitative estimate of drug-likeness (QED) is 0.757. The number of rotatable bonds is 5. The molecule has 18 heavy (non-hydrogen) atoms. The van der Waals surface area contributed by atoms with Crippen molar-refractivity contribution >= 4 is 22.5 Å². The maximum Gasteiger partial charge on any atom is 0.225 e. The summed E-state index contributed by atoms with van der Waals surface area (Å²) in [4.78, 5) is 14.9. The van der Waals surface area contributed by atoms with Crippen LogP contribution in [-0.4, -0.2) is 16.9 Å². The lowest BCUT2D eigenvalue weighted by atomic mass is 10.1. The molecule has 96 valence electrons. The van der Waals surface area contributed by atoms with Crippen LogP contribution < -0.4 is 11.1 Å². The minimum Gasteiger partial charge on any atom is -0.361 e. The van der Waals surface area contributed by atoms with Crippen molar-refractivity contribution < 1.29 is 4.79 Å². The fourth-order valence-corrected chi connectivity index (χ4v) is 2.05. The highest BCUT2D eigenvalue weighted by Crippen LogP contribution is 2.18. The molecule has 0 spiro atoms. The lowest BCUT2D eigenvalue weighted by molar-refractivity contribution is -0.116. The Hall–Kier alpha value is -1.81. The molecule has 0 aliphatic heterocycles. The van der Waals surface area contributed by atoms with Gasteiger partial charge in [0.05, 0.1) is 0 Å². The molecular weight excluding hydrogens is 226 g/mol.